The van der Waals surface area contributed by atoms with E-state index >= 15 is 0 Å². The lowest BCUT2D eigenvalue weighted by Gasteiger charge is -2.35. The first kappa shape index (κ1) is 15.2. The van der Waals surface area contributed by atoms with Crippen LogP contribution in [0.25, 0.3) is 0 Å². The molecule has 1 atom stereocenters. The molecule has 6 heteroatoms. The average molecular weight is 303 g/mol. The van der Waals surface area contributed by atoms with Crippen LogP contribution in [0.3, 0.4) is 0 Å². The highest BCUT2D eigenvalue weighted by Gasteiger charge is 2.27. The molecule has 1 aliphatic heterocycles. The summed E-state index contributed by atoms with van der Waals surface area (Å²) in [5.74, 6) is 1.60. The van der Waals surface area contributed by atoms with Gasteiger partial charge in [-0.25, -0.2) is 9.67 Å². The van der Waals surface area contributed by atoms with Crippen LogP contribution in [0.5, 0.6) is 0 Å². The van der Waals surface area contributed by atoms with E-state index in [-0.39, 0.29) is 6.04 Å². The fraction of sp³-hybridized carbons (Fsp3) is 0.625. The van der Waals surface area contributed by atoms with Gasteiger partial charge in [0.05, 0.1) is 25.8 Å². The van der Waals surface area contributed by atoms with Gasteiger partial charge >= 0.3 is 0 Å². The zero-order chi connectivity index (χ0) is 15.5. The van der Waals surface area contributed by atoms with E-state index in [1.165, 1.54) is 5.69 Å². The topological polar surface area (TPSA) is 48.1 Å². The van der Waals surface area contributed by atoms with Crippen molar-refractivity contribution in [2.45, 2.75) is 33.0 Å². The summed E-state index contributed by atoms with van der Waals surface area (Å²) in [5, 5.41) is 4.37. The van der Waals surface area contributed by atoms with Gasteiger partial charge in [0, 0.05) is 32.0 Å². The third-order valence-electron chi connectivity index (χ3n) is 4.14. The van der Waals surface area contributed by atoms with Crippen molar-refractivity contribution < 1.29 is 4.74 Å². The normalized spacial score (nSPS) is 19.9. The maximum Gasteiger partial charge on any atom is 0.141 e. The fourth-order valence-electron chi connectivity index (χ4n) is 3.01. The van der Waals surface area contributed by atoms with Gasteiger partial charge in [-0.2, -0.15) is 5.10 Å². The molecule has 22 heavy (non-hydrogen) atoms. The molecule has 120 valence electrons. The Labute approximate surface area is 131 Å². The molecule has 1 saturated heterocycles. The molecule has 6 nitrogen and oxygen atoms in total. The summed E-state index contributed by atoms with van der Waals surface area (Å²) in [6.45, 7) is 8.56. The van der Waals surface area contributed by atoms with Crippen LogP contribution in [0.2, 0.25) is 0 Å². The molecule has 2 aromatic rings. The van der Waals surface area contributed by atoms with Crippen molar-refractivity contribution in [3.63, 3.8) is 0 Å². The summed E-state index contributed by atoms with van der Waals surface area (Å²) in [4.78, 5) is 6.91. The first-order chi connectivity index (χ1) is 10.6. The molecule has 0 radical (unpaired) electrons. The van der Waals surface area contributed by atoms with E-state index < -0.39 is 0 Å². The second-order valence-electron chi connectivity index (χ2n) is 6.36. The van der Waals surface area contributed by atoms with Crippen LogP contribution in [-0.2, 0) is 24.9 Å². The Morgan fingerprint density at radius 3 is 3.00 bits per heavy atom. The molecular weight excluding hydrogens is 278 g/mol. The van der Waals surface area contributed by atoms with Crippen molar-refractivity contribution in [3.05, 3.63) is 36.2 Å². The van der Waals surface area contributed by atoms with Crippen LogP contribution in [0, 0.1) is 5.92 Å². The molecule has 1 aliphatic rings. The maximum atomic E-state index is 5.71. The van der Waals surface area contributed by atoms with E-state index in [0.29, 0.717) is 5.92 Å². The van der Waals surface area contributed by atoms with Crippen molar-refractivity contribution in [3.8, 4) is 0 Å². The second-order valence-corrected chi connectivity index (χ2v) is 6.36. The standard InChI is InChI=1S/C16H25N5O/c1-13(2)9-21-16(17-12-18-21)10-20-7-8-22-11-15(20)14-5-4-6-19(14)3/h4-6,12-13,15H,7-11H2,1-3H3. The number of aromatic nitrogens is 4. The van der Waals surface area contributed by atoms with Crippen LogP contribution in [0.1, 0.15) is 31.4 Å². The number of nitrogens with zero attached hydrogens (tertiary/aromatic N) is 5. The zero-order valence-corrected chi connectivity index (χ0v) is 13.6. The molecule has 1 unspecified atom stereocenters. The molecule has 0 bridgehead atoms. The zero-order valence-electron chi connectivity index (χ0n) is 13.6. The minimum atomic E-state index is 0.276. The number of rotatable bonds is 5. The molecule has 0 aromatic carbocycles. The monoisotopic (exact) mass is 303 g/mol. The number of aryl methyl sites for hydroxylation is 1. The van der Waals surface area contributed by atoms with Gasteiger partial charge in [0.1, 0.15) is 12.2 Å². The maximum absolute atomic E-state index is 5.71. The van der Waals surface area contributed by atoms with Crippen LogP contribution < -0.4 is 0 Å². The fourth-order valence-corrected chi connectivity index (χ4v) is 3.01. The Morgan fingerprint density at radius 2 is 2.27 bits per heavy atom. The van der Waals surface area contributed by atoms with Gasteiger partial charge in [0.15, 0.2) is 0 Å². The lowest BCUT2D eigenvalue weighted by Crippen LogP contribution is -2.40. The second kappa shape index (κ2) is 6.62. The van der Waals surface area contributed by atoms with Crippen molar-refractivity contribution >= 4 is 0 Å². The lowest BCUT2D eigenvalue weighted by molar-refractivity contribution is -0.0169. The minimum Gasteiger partial charge on any atom is -0.378 e. The summed E-state index contributed by atoms with van der Waals surface area (Å²) < 4.78 is 9.91. The molecule has 0 spiro atoms. The Hall–Kier alpha value is -1.66. The van der Waals surface area contributed by atoms with Crippen molar-refractivity contribution in [2.24, 2.45) is 13.0 Å². The SMILES string of the molecule is CC(C)Cn1ncnc1CN1CCOCC1c1cccn1C. The molecule has 1 fully saturated rings. The van der Waals surface area contributed by atoms with Gasteiger partial charge in [-0.3, -0.25) is 4.90 Å². The molecule has 0 amide bonds. The van der Waals surface area contributed by atoms with Crippen molar-refractivity contribution in [2.75, 3.05) is 19.8 Å². The van der Waals surface area contributed by atoms with E-state index in [4.69, 9.17) is 4.74 Å². The van der Waals surface area contributed by atoms with E-state index in [1.54, 1.807) is 6.33 Å². The summed E-state index contributed by atoms with van der Waals surface area (Å²) >= 11 is 0. The van der Waals surface area contributed by atoms with Crippen LogP contribution in [0.4, 0.5) is 0 Å². The van der Waals surface area contributed by atoms with Crippen LogP contribution >= 0.6 is 0 Å². The first-order valence-electron chi connectivity index (χ1n) is 7.95. The summed E-state index contributed by atoms with van der Waals surface area (Å²) in [7, 11) is 2.09. The van der Waals surface area contributed by atoms with Gasteiger partial charge in [0.25, 0.3) is 0 Å². The third-order valence-corrected chi connectivity index (χ3v) is 4.14. The van der Waals surface area contributed by atoms with Crippen molar-refractivity contribution in [1.82, 2.24) is 24.2 Å². The predicted octanol–water partition coefficient (Wildman–Crippen LogP) is 1.85. The van der Waals surface area contributed by atoms with E-state index in [0.717, 1.165) is 38.7 Å². The Balaban J connectivity index is 1.78. The quantitative estimate of drug-likeness (QED) is 0.846. The van der Waals surface area contributed by atoms with Gasteiger partial charge in [0.2, 0.25) is 0 Å². The number of morpholine rings is 1. The van der Waals surface area contributed by atoms with Gasteiger partial charge in [-0.15, -0.1) is 0 Å². The Kier molecular flexibility index (Phi) is 4.59. The molecular formula is C16H25N5O. The van der Waals surface area contributed by atoms with Gasteiger partial charge < -0.3 is 9.30 Å². The number of ether oxygens (including phenoxy) is 1. The average Bonchev–Trinajstić information content (AvgIpc) is 3.09. The number of hydrogen-bond donors (Lipinski definition) is 0. The van der Waals surface area contributed by atoms with Crippen LogP contribution in [0.15, 0.2) is 24.7 Å². The molecule has 2 aromatic heterocycles. The molecule has 3 rings (SSSR count). The smallest absolute Gasteiger partial charge is 0.141 e. The molecule has 0 N–H and O–H groups in total. The molecule has 0 aliphatic carbocycles. The number of hydrogen-bond acceptors (Lipinski definition) is 4. The molecule has 0 saturated carbocycles. The van der Waals surface area contributed by atoms with Gasteiger partial charge in [-0.1, -0.05) is 13.8 Å². The van der Waals surface area contributed by atoms with E-state index in [1.807, 2.05) is 4.68 Å². The van der Waals surface area contributed by atoms with Crippen molar-refractivity contribution in [1.29, 1.82) is 0 Å². The minimum absolute atomic E-state index is 0.276. The van der Waals surface area contributed by atoms with Gasteiger partial charge in [-0.05, 0) is 18.1 Å². The summed E-state index contributed by atoms with van der Waals surface area (Å²) in [6.07, 6.45) is 3.75. The summed E-state index contributed by atoms with van der Waals surface area (Å²) in [5.41, 5.74) is 1.29. The third kappa shape index (κ3) is 3.23. The Morgan fingerprint density at radius 1 is 1.41 bits per heavy atom. The largest absolute Gasteiger partial charge is 0.378 e. The highest BCUT2D eigenvalue weighted by molar-refractivity contribution is 5.13. The Bertz CT molecular complexity index is 603. The summed E-state index contributed by atoms with van der Waals surface area (Å²) in [6, 6.07) is 4.53. The first-order valence-corrected chi connectivity index (χ1v) is 7.95. The van der Waals surface area contributed by atoms with Crippen LogP contribution in [-0.4, -0.2) is 44.0 Å². The lowest BCUT2D eigenvalue weighted by atomic mass is 10.1. The molecule has 3 heterocycles. The van der Waals surface area contributed by atoms with E-state index in [9.17, 15) is 0 Å². The van der Waals surface area contributed by atoms with E-state index in [2.05, 4.69) is 58.8 Å². The highest BCUT2D eigenvalue weighted by Crippen LogP contribution is 2.25. The predicted molar refractivity (Wildman–Crippen MR) is 84.2 cm³/mol. The highest BCUT2D eigenvalue weighted by atomic mass is 16.5.